The first-order valence-electron chi connectivity index (χ1n) is 9.88. The highest BCUT2D eigenvalue weighted by Gasteiger charge is 2.36. The Hall–Kier alpha value is -2.39. The van der Waals surface area contributed by atoms with Gasteiger partial charge in [0, 0.05) is 36.4 Å². The Morgan fingerprint density at radius 2 is 1.86 bits per heavy atom. The lowest BCUT2D eigenvalue weighted by molar-refractivity contribution is -0.0494. The molecule has 1 saturated heterocycles. The van der Waals surface area contributed by atoms with Gasteiger partial charge in [0.05, 0.1) is 11.6 Å². The maximum Gasteiger partial charge on any atom is 0.253 e. The largest absolute Gasteiger partial charge is 0.338 e. The summed E-state index contributed by atoms with van der Waals surface area (Å²) in [5.74, 6) is -1.48. The Balaban J connectivity index is 1.50. The molecule has 1 fully saturated rings. The van der Waals surface area contributed by atoms with Gasteiger partial charge in [0.2, 0.25) is 0 Å². The molecular weight excluding hydrogens is 390 g/mol. The second-order valence-electron chi connectivity index (χ2n) is 7.74. The van der Waals surface area contributed by atoms with Gasteiger partial charge in [-0.2, -0.15) is 5.26 Å². The highest BCUT2D eigenvalue weighted by molar-refractivity contribution is 7.99. The number of likely N-dealkylation sites (tertiary alicyclic amines) is 1. The van der Waals surface area contributed by atoms with Crippen LogP contribution in [0.1, 0.15) is 52.2 Å². The molecule has 0 aliphatic carbocycles. The summed E-state index contributed by atoms with van der Waals surface area (Å²) in [6.45, 7) is 0.216. The second-order valence-corrected chi connectivity index (χ2v) is 8.88. The van der Waals surface area contributed by atoms with E-state index < -0.39 is 5.92 Å². The summed E-state index contributed by atoms with van der Waals surface area (Å²) in [6.07, 6.45) is 1.39. The van der Waals surface area contributed by atoms with Gasteiger partial charge in [-0.05, 0) is 59.9 Å². The Morgan fingerprint density at radius 3 is 2.55 bits per heavy atom. The first-order chi connectivity index (χ1) is 13.9. The van der Waals surface area contributed by atoms with Gasteiger partial charge in [0.1, 0.15) is 0 Å². The molecule has 0 aromatic heterocycles. The van der Waals surface area contributed by atoms with Crippen LogP contribution in [0.4, 0.5) is 8.78 Å². The lowest BCUT2D eigenvalue weighted by Crippen LogP contribution is -2.42. The number of thioether (sulfide) groups is 1. The maximum atomic E-state index is 13.4. The number of hydrogen-bond acceptors (Lipinski definition) is 3. The van der Waals surface area contributed by atoms with Gasteiger partial charge >= 0.3 is 0 Å². The third-order valence-electron chi connectivity index (χ3n) is 5.80. The molecule has 2 aliphatic heterocycles. The predicted molar refractivity (Wildman–Crippen MR) is 109 cm³/mol. The van der Waals surface area contributed by atoms with Gasteiger partial charge in [-0.25, -0.2) is 8.78 Å². The molecule has 2 aromatic rings. The van der Waals surface area contributed by atoms with Gasteiger partial charge in [-0.15, -0.1) is 11.8 Å². The minimum absolute atomic E-state index is 0.108. The predicted octanol–water partition coefficient (Wildman–Crippen LogP) is 5.25. The summed E-state index contributed by atoms with van der Waals surface area (Å²) in [5, 5.41) is 8.98. The molecule has 0 radical (unpaired) electrons. The van der Waals surface area contributed by atoms with Crippen LogP contribution in [0.5, 0.6) is 0 Å². The third kappa shape index (κ3) is 4.45. The molecule has 2 aromatic carbocycles. The molecule has 1 atom stereocenters. The van der Waals surface area contributed by atoms with Crippen molar-refractivity contribution in [3.8, 4) is 6.07 Å². The molecule has 0 bridgehead atoms. The van der Waals surface area contributed by atoms with E-state index in [-0.39, 0.29) is 31.8 Å². The average molecular weight is 413 g/mol. The van der Waals surface area contributed by atoms with E-state index in [1.165, 1.54) is 11.1 Å². The quantitative estimate of drug-likeness (QED) is 0.677. The molecule has 1 unspecified atom stereocenters. The minimum atomic E-state index is -2.65. The monoisotopic (exact) mass is 412 g/mol. The van der Waals surface area contributed by atoms with E-state index in [4.69, 9.17) is 5.26 Å². The van der Waals surface area contributed by atoms with Crippen LogP contribution in [0.2, 0.25) is 0 Å². The van der Waals surface area contributed by atoms with Gasteiger partial charge in [-0.1, -0.05) is 18.2 Å². The summed E-state index contributed by atoms with van der Waals surface area (Å²) in [6, 6.07) is 15.7. The number of amides is 1. The van der Waals surface area contributed by atoms with E-state index >= 15 is 0 Å². The van der Waals surface area contributed by atoms with E-state index in [1.807, 2.05) is 42.5 Å². The van der Waals surface area contributed by atoms with E-state index in [9.17, 15) is 13.6 Å². The first kappa shape index (κ1) is 19.9. The number of piperidine rings is 1. The second kappa shape index (κ2) is 8.16. The summed E-state index contributed by atoms with van der Waals surface area (Å²) < 4.78 is 26.8. The number of nitriles is 1. The van der Waals surface area contributed by atoms with Crippen molar-refractivity contribution in [1.29, 1.82) is 5.26 Å². The average Bonchev–Trinajstić information content (AvgIpc) is 2.95. The van der Waals surface area contributed by atoms with Crippen LogP contribution in [0.15, 0.2) is 47.4 Å². The summed E-state index contributed by atoms with van der Waals surface area (Å²) >= 11 is 1.75. The zero-order chi connectivity index (χ0) is 20.4. The normalized spacial score (nSPS) is 21.0. The van der Waals surface area contributed by atoms with Crippen molar-refractivity contribution in [3.63, 3.8) is 0 Å². The van der Waals surface area contributed by atoms with Crippen molar-refractivity contribution in [2.24, 2.45) is 0 Å². The van der Waals surface area contributed by atoms with E-state index in [0.29, 0.717) is 17.0 Å². The van der Waals surface area contributed by atoms with Crippen molar-refractivity contribution in [2.45, 2.75) is 42.4 Å². The van der Waals surface area contributed by atoms with Crippen LogP contribution in [-0.2, 0) is 6.42 Å². The van der Waals surface area contributed by atoms with Crippen LogP contribution in [0, 0.1) is 11.3 Å². The van der Waals surface area contributed by atoms with Crippen molar-refractivity contribution in [1.82, 2.24) is 4.90 Å². The molecule has 1 amide bonds. The zero-order valence-corrected chi connectivity index (χ0v) is 16.9. The topological polar surface area (TPSA) is 44.1 Å². The maximum absolute atomic E-state index is 13.4. The molecule has 0 spiro atoms. The molecule has 2 aliphatic rings. The number of alkyl halides is 2. The number of carbonyl (C=O) groups is 1. The van der Waals surface area contributed by atoms with Crippen LogP contribution < -0.4 is 0 Å². The Morgan fingerprint density at radius 1 is 1.14 bits per heavy atom. The van der Waals surface area contributed by atoms with E-state index in [2.05, 4.69) is 6.07 Å². The molecule has 4 rings (SSSR count). The molecule has 0 saturated carbocycles. The molecule has 3 nitrogen and oxygen atoms in total. The van der Waals surface area contributed by atoms with E-state index in [1.54, 1.807) is 16.7 Å². The molecular formula is C23H22F2N2OS. The fraction of sp³-hybridized carbons (Fsp3) is 0.391. The number of rotatable bonds is 2. The lowest BCUT2D eigenvalue weighted by atomic mass is 9.89. The van der Waals surface area contributed by atoms with Gasteiger partial charge < -0.3 is 4.90 Å². The zero-order valence-electron chi connectivity index (χ0n) is 16.0. The highest BCUT2D eigenvalue weighted by atomic mass is 32.2. The number of hydrogen-bond donors (Lipinski definition) is 0. The van der Waals surface area contributed by atoms with Crippen LogP contribution in [0.25, 0.3) is 0 Å². The fourth-order valence-corrected chi connectivity index (χ4v) is 5.17. The molecule has 0 N–H and O–H groups in total. The standard InChI is InChI=1S/C23H22F2N2OS/c24-23(25)8-10-27(11-9-23)22(28)20-6-5-19-13-18(7-12-29-21(19)14-20)17-3-1-16(15-26)2-4-17/h1-6,14,18H,7-13H2. The Bertz CT molecular complexity index is 942. The van der Waals surface area contributed by atoms with Crippen molar-refractivity contribution < 1.29 is 13.6 Å². The fourth-order valence-electron chi connectivity index (χ4n) is 4.00. The summed E-state index contributed by atoms with van der Waals surface area (Å²) in [7, 11) is 0. The molecule has 150 valence electrons. The number of fused-ring (bicyclic) bond motifs is 1. The Labute approximate surface area is 173 Å². The smallest absolute Gasteiger partial charge is 0.253 e. The van der Waals surface area contributed by atoms with Crippen molar-refractivity contribution in [2.75, 3.05) is 18.8 Å². The molecule has 6 heteroatoms. The van der Waals surface area contributed by atoms with Gasteiger partial charge in [0.25, 0.3) is 11.8 Å². The van der Waals surface area contributed by atoms with Crippen molar-refractivity contribution in [3.05, 3.63) is 64.7 Å². The van der Waals surface area contributed by atoms with Crippen molar-refractivity contribution >= 4 is 17.7 Å². The highest BCUT2D eigenvalue weighted by Crippen LogP contribution is 2.37. The molecule has 2 heterocycles. The van der Waals surface area contributed by atoms with Crippen LogP contribution >= 0.6 is 11.8 Å². The number of carbonyl (C=O) groups excluding carboxylic acids is 1. The third-order valence-corrected chi connectivity index (χ3v) is 6.93. The van der Waals surface area contributed by atoms with Gasteiger partial charge in [0.15, 0.2) is 0 Å². The number of benzene rings is 2. The van der Waals surface area contributed by atoms with Gasteiger partial charge in [-0.3, -0.25) is 4.79 Å². The minimum Gasteiger partial charge on any atom is -0.338 e. The number of nitrogens with zero attached hydrogens (tertiary/aromatic N) is 2. The van der Waals surface area contributed by atoms with E-state index in [0.717, 1.165) is 23.5 Å². The summed E-state index contributed by atoms with van der Waals surface area (Å²) in [4.78, 5) is 15.4. The van der Waals surface area contributed by atoms with Crippen LogP contribution in [-0.4, -0.2) is 35.6 Å². The number of halogens is 2. The molecule has 29 heavy (non-hydrogen) atoms. The Kier molecular flexibility index (Phi) is 5.60. The lowest BCUT2D eigenvalue weighted by Gasteiger charge is -2.31. The summed E-state index contributed by atoms with van der Waals surface area (Å²) in [5.41, 5.74) is 3.68. The van der Waals surface area contributed by atoms with Crippen LogP contribution in [0.3, 0.4) is 0 Å². The first-order valence-corrected chi connectivity index (χ1v) is 10.9. The SMILES string of the molecule is N#Cc1ccc(C2CCSc3cc(C(=O)N4CCC(F)(F)CC4)ccc3C2)cc1.